The maximum atomic E-state index is 10.1. The molecular weight excluding hydrogens is 179 g/mol. The molecule has 9 heavy (non-hydrogen) atoms. The molecule has 0 unspecified atom stereocenters. The topological polar surface area (TPSA) is 17.1 Å². The van der Waals surface area contributed by atoms with Gasteiger partial charge in [0.25, 0.3) is 0 Å². The Labute approximate surface area is 69.3 Å². The average molecular weight is 185 g/mol. The van der Waals surface area contributed by atoms with Gasteiger partial charge in [-0.05, 0) is 24.4 Å². The lowest BCUT2D eigenvalue weighted by Crippen LogP contribution is -1.88. The molecule has 0 fully saturated rings. The summed E-state index contributed by atoms with van der Waals surface area (Å²) in [7, 11) is 0. The van der Waals surface area contributed by atoms with E-state index in [0.717, 1.165) is 0 Å². The summed E-state index contributed by atoms with van der Waals surface area (Å²) < 4.78 is 0.410. The lowest BCUT2D eigenvalue weighted by atomic mass is 10.3. The largest absolute Gasteiger partial charge is 0.281 e. The third-order valence-electron chi connectivity index (χ3n) is 0.747. The van der Waals surface area contributed by atoms with Gasteiger partial charge < -0.3 is 0 Å². The standard InChI is InChI=1S/C5H6Cl2OS/c6-4(8)2-1-3-5(7)9/h1-3H2. The number of carbonyl (C=O) groups is 1. The minimum absolute atomic E-state index is 0.331. The van der Waals surface area contributed by atoms with Gasteiger partial charge in [0.15, 0.2) is 0 Å². The Morgan fingerprint density at radius 3 is 2.22 bits per heavy atom. The van der Waals surface area contributed by atoms with E-state index < -0.39 is 0 Å². The van der Waals surface area contributed by atoms with Crippen molar-refractivity contribution in [2.24, 2.45) is 0 Å². The highest BCUT2D eigenvalue weighted by molar-refractivity contribution is 7.83. The molecule has 1 nitrogen and oxygen atoms in total. The van der Waals surface area contributed by atoms with Gasteiger partial charge in [-0.1, -0.05) is 23.8 Å². The molecule has 0 saturated carbocycles. The maximum absolute atomic E-state index is 10.1. The second-order valence-electron chi connectivity index (χ2n) is 1.56. The molecule has 0 aromatic rings. The predicted molar refractivity (Wildman–Crippen MR) is 43.2 cm³/mol. The SMILES string of the molecule is O=C(Cl)CCCC(=S)Cl. The van der Waals surface area contributed by atoms with Crippen LogP contribution in [0, 0.1) is 0 Å². The van der Waals surface area contributed by atoms with Crippen LogP contribution < -0.4 is 0 Å². The average Bonchev–Trinajstić information content (AvgIpc) is 1.63. The molecule has 0 rings (SSSR count). The molecule has 0 aromatic carbocycles. The van der Waals surface area contributed by atoms with Gasteiger partial charge in [-0.2, -0.15) is 0 Å². The van der Waals surface area contributed by atoms with Crippen LogP contribution in [0.15, 0.2) is 0 Å². The molecule has 0 saturated heterocycles. The van der Waals surface area contributed by atoms with E-state index >= 15 is 0 Å². The van der Waals surface area contributed by atoms with Crippen LogP contribution in [-0.4, -0.2) is 9.57 Å². The molecular formula is C5H6Cl2OS. The van der Waals surface area contributed by atoms with Crippen LogP contribution in [0.5, 0.6) is 0 Å². The Kier molecular flexibility index (Phi) is 5.35. The molecule has 0 N–H and O–H groups in total. The molecule has 0 bridgehead atoms. The summed E-state index contributed by atoms with van der Waals surface area (Å²) in [5.41, 5.74) is 0. The van der Waals surface area contributed by atoms with Crippen LogP contribution in [0.3, 0.4) is 0 Å². The number of thiocarbonyl (C=S) groups is 1. The van der Waals surface area contributed by atoms with E-state index in [2.05, 4.69) is 12.2 Å². The third-order valence-corrected chi connectivity index (χ3v) is 1.33. The zero-order valence-corrected chi connectivity index (χ0v) is 7.02. The van der Waals surface area contributed by atoms with Gasteiger partial charge in [-0.15, -0.1) is 0 Å². The lowest BCUT2D eigenvalue weighted by Gasteiger charge is -1.90. The van der Waals surface area contributed by atoms with E-state index in [1.807, 2.05) is 0 Å². The van der Waals surface area contributed by atoms with Gasteiger partial charge in [0.2, 0.25) is 5.24 Å². The summed E-state index contributed by atoms with van der Waals surface area (Å²) >= 11 is 14.9. The van der Waals surface area contributed by atoms with E-state index in [1.54, 1.807) is 0 Å². The minimum Gasteiger partial charge on any atom is -0.281 e. The molecule has 0 heterocycles. The predicted octanol–water partition coefficient (Wildman–Crippen LogP) is 2.49. The molecule has 0 aliphatic rings. The van der Waals surface area contributed by atoms with Crippen LogP contribution in [-0.2, 0) is 4.79 Å². The minimum atomic E-state index is -0.331. The van der Waals surface area contributed by atoms with Gasteiger partial charge in [-0.25, -0.2) is 0 Å². The number of carbonyl (C=O) groups excluding carboxylic acids is 1. The summed E-state index contributed by atoms with van der Waals surface area (Å²) in [5, 5.41) is -0.331. The molecule has 0 aliphatic heterocycles. The molecule has 0 aliphatic carbocycles. The number of hydrogen-bond acceptors (Lipinski definition) is 2. The summed E-state index contributed by atoms with van der Waals surface area (Å²) in [6.07, 6.45) is 1.61. The van der Waals surface area contributed by atoms with Gasteiger partial charge >= 0.3 is 0 Å². The van der Waals surface area contributed by atoms with Crippen molar-refractivity contribution in [2.75, 3.05) is 0 Å². The summed E-state index contributed by atoms with van der Waals surface area (Å²) in [6.45, 7) is 0. The van der Waals surface area contributed by atoms with E-state index in [4.69, 9.17) is 23.2 Å². The van der Waals surface area contributed by atoms with Crippen molar-refractivity contribution in [2.45, 2.75) is 19.3 Å². The second kappa shape index (κ2) is 5.15. The molecule has 0 amide bonds. The van der Waals surface area contributed by atoms with Crippen molar-refractivity contribution in [1.29, 1.82) is 0 Å². The lowest BCUT2D eigenvalue weighted by molar-refractivity contribution is -0.111. The van der Waals surface area contributed by atoms with Crippen molar-refractivity contribution >= 4 is 45.0 Å². The van der Waals surface area contributed by atoms with E-state index in [-0.39, 0.29) is 5.24 Å². The summed E-state index contributed by atoms with van der Waals surface area (Å²) in [5.74, 6) is 0. The van der Waals surface area contributed by atoms with Crippen molar-refractivity contribution in [1.82, 2.24) is 0 Å². The Morgan fingerprint density at radius 2 is 1.89 bits per heavy atom. The highest BCUT2D eigenvalue weighted by atomic mass is 35.5. The molecule has 4 heteroatoms. The summed E-state index contributed by atoms with van der Waals surface area (Å²) in [4.78, 5) is 10.1. The zero-order valence-electron chi connectivity index (χ0n) is 4.69. The van der Waals surface area contributed by atoms with E-state index in [0.29, 0.717) is 23.6 Å². The van der Waals surface area contributed by atoms with Crippen molar-refractivity contribution in [3.05, 3.63) is 0 Å². The van der Waals surface area contributed by atoms with Crippen molar-refractivity contribution in [3.63, 3.8) is 0 Å². The first-order valence-corrected chi connectivity index (χ1v) is 3.66. The maximum Gasteiger partial charge on any atom is 0.221 e. The zero-order chi connectivity index (χ0) is 7.28. The number of rotatable bonds is 4. The molecule has 0 radical (unpaired) electrons. The first-order valence-electron chi connectivity index (χ1n) is 2.49. The fourth-order valence-electron chi connectivity index (χ4n) is 0.366. The Bertz CT molecular complexity index is 110. The Balaban J connectivity index is 3.10. The third kappa shape index (κ3) is 8.34. The van der Waals surface area contributed by atoms with Gasteiger partial charge in [0, 0.05) is 6.42 Å². The second-order valence-corrected chi connectivity index (χ2v) is 3.16. The number of halogens is 2. The highest BCUT2D eigenvalue weighted by Crippen LogP contribution is 2.02. The highest BCUT2D eigenvalue weighted by Gasteiger charge is 1.96. The molecule has 0 aromatic heterocycles. The van der Waals surface area contributed by atoms with Crippen LogP contribution in [0.1, 0.15) is 19.3 Å². The van der Waals surface area contributed by atoms with Crippen LogP contribution in [0.25, 0.3) is 0 Å². The normalized spacial score (nSPS) is 9.11. The van der Waals surface area contributed by atoms with Gasteiger partial charge in [0.05, 0.1) is 4.32 Å². The van der Waals surface area contributed by atoms with E-state index in [1.165, 1.54) is 0 Å². The Hall–Kier alpha value is 0.340. The van der Waals surface area contributed by atoms with Gasteiger partial charge in [-0.3, -0.25) is 4.79 Å². The van der Waals surface area contributed by atoms with E-state index in [9.17, 15) is 4.79 Å². The molecule has 0 spiro atoms. The van der Waals surface area contributed by atoms with Crippen LogP contribution >= 0.6 is 35.4 Å². The van der Waals surface area contributed by atoms with Crippen LogP contribution in [0.4, 0.5) is 0 Å². The molecule has 52 valence electrons. The van der Waals surface area contributed by atoms with Gasteiger partial charge in [0.1, 0.15) is 0 Å². The first-order chi connectivity index (χ1) is 4.13. The summed E-state index contributed by atoms with van der Waals surface area (Å²) in [6, 6.07) is 0. The smallest absolute Gasteiger partial charge is 0.221 e. The quantitative estimate of drug-likeness (QED) is 0.494. The van der Waals surface area contributed by atoms with Crippen molar-refractivity contribution in [3.8, 4) is 0 Å². The van der Waals surface area contributed by atoms with Crippen LogP contribution in [0.2, 0.25) is 0 Å². The number of hydrogen-bond donors (Lipinski definition) is 0. The Morgan fingerprint density at radius 1 is 1.33 bits per heavy atom. The molecule has 0 atom stereocenters. The fourth-order valence-corrected chi connectivity index (χ4v) is 0.778. The monoisotopic (exact) mass is 184 g/mol. The van der Waals surface area contributed by atoms with Crippen molar-refractivity contribution < 1.29 is 4.79 Å². The first kappa shape index (κ1) is 9.34. The fraction of sp³-hybridized carbons (Fsp3) is 0.600.